The molecule has 0 fully saturated rings. The van der Waals surface area contributed by atoms with Crippen molar-refractivity contribution in [2.24, 2.45) is 0 Å². The van der Waals surface area contributed by atoms with Crippen molar-refractivity contribution in [1.29, 1.82) is 0 Å². The van der Waals surface area contributed by atoms with E-state index in [1.807, 2.05) is 0 Å². The predicted molar refractivity (Wildman–Crippen MR) is 54.3 cm³/mol. The number of rotatable bonds is 0. The third-order valence-corrected chi connectivity index (χ3v) is 2.42. The average molecular weight is 202 g/mol. The van der Waals surface area contributed by atoms with Crippen molar-refractivity contribution in [2.75, 3.05) is 0 Å². The summed E-state index contributed by atoms with van der Waals surface area (Å²) in [5.74, 6) is -0.153. The monoisotopic (exact) mass is 202 g/mol. The van der Waals surface area contributed by atoms with Gasteiger partial charge in [0.05, 0.1) is 11.7 Å². The van der Waals surface area contributed by atoms with E-state index in [4.69, 9.17) is 0 Å². The Hall–Kier alpha value is -2.10. The maximum Gasteiger partial charge on any atom is 0.161 e. The predicted octanol–water partition coefficient (Wildman–Crippen LogP) is 2.33. The van der Waals surface area contributed by atoms with Crippen molar-refractivity contribution in [1.82, 2.24) is 9.61 Å². The molecule has 0 aliphatic carbocycles. The molecule has 2 heterocycles. The summed E-state index contributed by atoms with van der Waals surface area (Å²) in [6.07, 6.45) is 1.37. The maximum absolute atomic E-state index is 13.0. The Balaban J connectivity index is 2.55. The molecule has 15 heavy (non-hydrogen) atoms. The van der Waals surface area contributed by atoms with Crippen molar-refractivity contribution >= 4 is 16.4 Å². The Morgan fingerprint density at radius 3 is 2.80 bits per heavy atom. The highest BCUT2D eigenvalue weighted by Gasteiger charge is 2.05. The largest absolute Gasteiger partial charge is 0.504 e. The van der Waals surface area contributed by atoms with Crippen LogP contribution < -0.4 is 0 Å². The molecule has 0 aliphatic heterocycles. The molecule has 0 radical (unpaired) electrons. The van der Waals surface area contributed by atoms with Crippen LogP contribution in [-0.2, 0) is 0 Å². The Morgan fingerprint density at radius 1 is 1.13 bits per heavy atom. The molecule has 0 amide bonds. The molecule has 74 valence electrons. The van der Waals surface area contributed by atoms with Gasteiger partial charge in [-0.25, -0.2) is 8.91 Å². The molecular formula is C11H7FN2O. The summed E-state index contributed by atoms with van der Waals surface area (Å²) >= 11 is 0. The Kier molecular flexibility index (Phi) is 1.48. The third-order valence-electron chi connectivity index (χ3n) is 2.42. The molecule has 1 N–H and O–H groups in total. The Bertz CT molecular complexity index is 660. The fourth-order valence-electron chi connectivity index (χ4n) is 1.72. The first-order valence-corrected chi connectivity index (χ1v) is 4.51. The number of hydrogen-bond acceptors (Lipinski definition) is 2. The van der Waals surface area contributed by atoms with Crippen molar-refractivity contribution < 1.29 is 9.50 Å². The second-order valence-electron chi connectivity index (χ2n) is 3.36. The van der Waals surface area contributed by atoms with E-state index >= 15 is 0 Å². The molecule has 0 bridgehead atoms. The highest BCUT2D eigenvalue weighted by atomic mass is 19.1. The van der Waals surface area contributed by atoms with Crippen LogP contribution in [0.1, 0.15) is 0 Å². The third kappa shape index (κ3) is 1.08. The van der Waals surface area contributed by atoms with E-state index < -0.39 is 0 Å². The summed E-state index contributed by atoms with van der Waals surface area (Å²) in [5, 5.41) is 14.2. The van der Waals surface area contributed by atoms with Crippen LogP contribution in [0.3, 0.4) is 0 Å². The van der Waals surface area contributed by atoms with Gasteiger partial charge >= 0.3 is 0 Å². The molecule has 2 aromatic heterocycles. The zero-order valence-electron chi connectivity index (χ0n) is 7.68. The standard InChI is InChI=1S/C11H7FN2O/c12-8-2-4-9-7(5-8)1-3-10-11(15)6-13-14(9)10/h1-6,15H. The lowest BCUT2D eigenvalue weighted by atomic mass is 10.2. The molecule has 0 saturated carbocycles. The molecule has 0 aliphatic rings. The van der Waals surface area contributed by atoms with Gasteiger partial charge in [0, 0.05) is 5.39 Å². The Morgan fingerprint density at radius 2 is 1.93 bits per heavy atom. The first-order chi connectivity index (χ1) is 7.25. The first-order valence-electron chi connectivity index (χ1n) is 4.51. The van der Waals surface area contributed by atoms with Gasteiger partial charge in [0.2, 0.25) is 0 Å². The van der Waals surface area contributed by atoms with Gasteiger partial charge in [0.1, 0.15) is 11.3 Å². The SMILES string of the molecule is Oc1cnn2c1ccc1cc(F)ccc12. The minimum atomic E-state index is -0.279. The van der Waals surface area contributed by atoms with Crippen LogP contribution in [0.4, 0.5) is 4.39 Å². The van der Waals surface area contributed by atoms with Crippen LogP contribution in [0.5, 0.6) is 5.75 Å². The van der Waals surface area contributed by atoms with Crippen LogP contribution in [0, 0.1) is 5.82 Å². The second kappa shape index (κ2) is 2.70. The van der Waals surface area contributed by atoms with Crippen LogP contribution in [0.2, 0.25) is 0 Å². The van der Waals surface area contributed by atoms with Gasteiger partial charge in [-0.15, -0.1) is 0 Å². The fraction of sp³-hybridized carbons (Fsp3) is 0. The van der Waals surface area contributed by atoms with E-state index in [-0.39, 0.29) is 11.6 Å². The van der Waals surface area contributed by atoms with Crippen LogP contribution in [0.25, 0.3) is 16.4 Å². The summed E-state index contributed by atoms with van der Waals surface area (Å²) in [7, 11) is 0. The molecule has 3 nitrogen and oxygen atoms in total. The van der Waals surface area contributed by atoms with Gasteiger partial charge in [-0.1, -0.05) is 6.07 Å². The van der Waals surface area contributed by atoms with Gasteiger partial charge in [-0.2, -0.15) is 5.10 Å². The van der Waals surface area contributed by atoms with Crippen molar-refractivity contribution in [3.8, 4) is 5.75 Å². The molecular weight excluding hydrogens is 195 g/mol. The van der Waals surface area contributed by atoms with Gasteiger partial charge in [0.25, 0.3) is 0 Å². The highest BCUT2D eigenvalue weighted by Crippen LogP contribution is 2.23. The highest BCUT2D eigenvalue weighted by molar-refractivity contribution is 5.83. The number of aromatic nitrogens is 2. The number of benzene rings is 1. The lowest BCUT2D eigenvalue weighted by molar-refractivity contribution is 0.481. The van der Waals surface area contributed by atoms with E-state index in [1.165, 1.54) is 18.3 Å². The summed E-state index contributed by atoms with van der Waals surface area (Å²) < 4.78 is 14.6. The van der Waals surface area contributed by atoms with E-state index in [0.717, 1.165) is 10.9 Å². The summed E-state index contributed by atoms with van der Waals surface area (Å²) in [5.41, 5.74) is 1.39. The molecule has 3 aromatic rings. The molecule has 0 unspecified atom stereocenters. The number of aromatic hydroxyl groups is 1. The Labute approximate surface area is 84.4 Å². The lowest BCUT2D eigenvalue weighted by Crippen LogP contribution is -1.89. The van der Waals surface area contributed by atoms with Crippen LogP contribution >= 0.6 is 0 Å². The summed E-state index contributed by atoms with van der Waals surface area (Å²) in [4.78, 5) is 0. The summed E-state index contributed by atoms with van der Waals surface area (Å²) in [6.45, 7) is 0. The summed E-state index contributed by atoms with van der Waals surface area (Å²) in [6, 6.07) is 7.93. The molecule has 3 rings (SSSR count). The minimum absolute atomic E-state index is 0.126. The van der Waals surface area contributed by atoms with Crippen molar-refractivity contribution in [3.63, 3.8) is 0 Å². The normalized spacial score (nSPS) is 11.3. The van der Waals surface area contributed by atoms with Crippen LogP contribution in [-0.4, -0.2) is 14.7 Å². The van der Waals surface area contributed by atoms with Crippen molar-refractivity contribution in [3.05, 3.63) is 42.3 Å². The van der Waals surface area contributed by atoms with E-state index in [0.29, 0.717) is 5.52 Å². The molecule has 1 aromatic carbocycles. The fourth-order valence-corrected chi connectivity index (χ4v) is 1.72. The van der Waals surface area contributed by atoms with E-state index in [9.17, 15) is 9.50 Å². The smallest absolute Gasteiger partial charge is 0.161 e. The number of halogens is 1. The van der Waals surface area contributed by atoms with Gasteiger partial charge in [-0.3, -0.25) is 0 Å². The molecule has 4 heteroatoms. The molecule has 0 saturated heterocycles. The minimum Gasteiger partial charge on any atom is -0.504 e. The average Bonchev–Trinajstić information content (AvgIpc) is 2.60. The van der Waals surface area contributed by atoms with E-state index in [1.54, 1.807) is 22.7 Å². The van der Waals surface area contributed by atoms with Crippen LogP contribution in [0.15, 0.2) is 36.5 Å². The number of fused-ring (bicyclic) bond motifs is 3. The number of pyridine rings is 1. The second-order valence-corrected chi connectivity index (χ2v) is 3.36. The molecule has 0 atom stereocenters. The zero-order valence-corrected chi connectivity index (χ0v) is 7.68. The van der Waals surface area contributed by atoms with Gasteiger partial charge in [0.15, 0.2) is 5.75 Å². The zero-order chi connectivity index (χ0) is 10.4. The van der Waals surface area contributed by atoms with Gasteiger partial charge < -0.3 is 5.11 Å². The van der Waals surface area contributed by atoms with E-state index in [2.05, 4.69) is 5.10 Å². The van der Waals surface area contributed by atoms with Crippen molar-refractivity contribution in [2.45, 2.75) is 0 Å². The molecule has 0 spiro atoms. The lowest BCUT2D eigenvalue weighted by Gasteiger charge is -2.01. The number of hydrogen-bond donors (Lipinski definition) is 1. The quantitative estimate of drug-likeness (QED) is 0.607. The number of nitrogens with zero attached hydrogens (tertiary/aromatic N) is 2. The van der Waals surface area contributed by atoms with Gasteiger partial charge in [-0.05, 0) is 24.3 Å². The topological polar surface area (TPSA) is 37.5 Å². The maximum atomic E-state index is 13.0. The first kappa shape index (κ1) is 8.23.